The highest BCUT2D eigenvalue weighted by atomic mass is 35.5. The quantitative estimate of drug-likeness (QED) is 0.702. The van der Waals surface area contributed by atoms with Crippen LogP contribution in [0.25, 0.3) is 10.9 Å². The molecule has 2 aromatic carbocycles. The van der Waals surface area contributed by atoms with Crippen LogP contribution in [-0.4, -0.2) is 29.7 Å². The number of amides is 1. The lowest BCUT2D eigenvalue weighted by molar-refractivity contribution is -0.121. The van der Waals surface area contributed by atoms with Gasteiger partial charge in [0.2, 0.25) is 5.91 Å². The number of carbonyl (C=O) groups excluding carboxylic acids is 1. The van der Waals surface area contributed by atoms with Crippen LogP contribution in [0, 0.1) is 0 Å². The molecular formula is C19H18ClN3O4. The van der Waals surface area contributed by atoms with E-state index in [0.717, 1.165) is 5.56 Å². The molecule has 27 heavy (non-hydrogen) atoms. The molecule has 0 spiro atoms. The highest BCUT2D eigenvalue weighted by Crippen LogP contribution is 2.29. The van der Waals surface area contributed by atoms with Gasteiger partial charge in [0.1, 0.15) is 6.54 Å². The zero-order valence-electron chi connectivity index (χ0n) is 14.9. The number of halogens is 1. The Morgan fingerprint density at radius 3 is 2.59 bits per heavy atom. The second-order valence-electron chi connectivity index (χ2n) is 5.77. The van der Waals surface area contributed by atoms with Gasteiger partial charge in [-0.2, -0.15) is 0 Å². The average molecular weight is 388 g/mol. The highest BCUT2D eigenvalue weighted by molar-refractivity contribution is 6.31. The molecule has 140 valence electrons. The summed E-state index contributed by atoms with van der Waals surface area (Å²) in [7, 11) is 3.00. The number of ether oxygens (including phenoxy) is 2. The zero-order valence-corrected chi connectivity index (χ0v) is 15.6. The number of methoxy groups -OCH3 is 2. The molecule has 1 N–H and O–H groups in total. The summed E-state index contributed by atoms with van der Waals surface area (Å²) in [5.41, 5.74) is 0.924. The van der Waals surface area contributed by atoms with Crippen LogP contribution < -0.4 is 20.3 Å². The van der Waals surface area contributed by atoms with Crippen LogP contribution in [0.5, 0.6) is 11.5 Å². The lowest BCUT2D eigenvalue weighted by Gasteiger charge is -2.11. The molecule has 0 aliphatic rings. The van der Waals surface area contributed by atoms with Crippen molar-refractivity contribution in [2.45, 2.75) is 13.1 Å². The summed E-state index contributed by atoms with van der Waals surface area (Å²) in [4.78, 5) is 29.1. The molecule has 0 aliphatic carbocycles. The molecule has 7 nitrogen and oxygen atoms in total. The van der Waals surface area contributed by atoms with Crippen molar-refractivity contribution in [1.82, 2.24) is 14.9 Å². The Morgan fingerprint density at radius 2 is 1.89 bits per heavy atom. The molecular weight excluding hydrogens is 370 g/mol. The summed E-state index contributed by atoms with van der Waals surface area (Å²) in [5, 5.41) is 3.66. The zero-order chi connectivity index (χ0) is 19.4. The number of carbonyl (C=O) groups is 1. The first-order valence-electron chi connectivity index (χ1n) is 8.14. The van der Waals surface area contributed by atoms with E-state index in [0.29, 0.717) is 27.4 Å². The molecule has 0 atom stereocenters. The summed E-state index contributed by atoms with van der Waals surface area (Å²) in [6, 6.07) is 10.4. The van der Waals surface area contributed by atoms with E-state index in [1.54, 1.807) is 18.2 Å². The number of rotatable bonds is 6. The van der Waals surface area contributed by atoms with Crippen LogP contribution in [0.2, 0.25) is 5.02 Å². The molecule has 8 heteroatoms. The first-order chi connectivity index (χ1) is 13.0. The van der Waals surface area contributed by atoms with Gasteiger partial charge in [0, 0.05) is 17.6 Å². The van der Waals surface area contributed by atoms with Gasteiger partial charge in [-0.1, -0.05) is 29.8 Å². The third kappa shape index (κ3) is 4.03. The van der Waals surface area contributed by atoms with Gasteiger partial charge in [-0.15, -0.1) is 0 Å². The topological polar surface area (TPSA) is 82.5 Å². The minimum absolute atomic E-state index is 0.152. The maximum atomic E-state index is 12.7. The van der Waals surface area contributed by atoms with Crippen molar-refractivity contribution in [1.29, 1.82) is 0 Å². The molecule has 1 aromatic heterocycles. The third-order valence-corrected chi connectivity index (χ3v) is 4.45. The van der Waals surface area contributed by atoms with Crippen LogP contribution in [-0.2, 0) is 17.9 Å². The summed E-state index contributed by atoms with van der Waals surface area (Å²) in [5.74, 6) is 0.579. The van der Waals surface area contributed by atoms with Crippen LogP contribution in [0.4, 0.5) is 0 Å². The molecule has 3 rings (SSSR count). The Balaban J connectivity index is 1.80. The van der Waals surface area contributed by atoms with E-state index in [1.807, 2.05) is 18.2 Å². The van der Waals surface area contributed by atoms with Gasteiger partial charge in [-0.3, -0.25) is 14.2 Å². The van der Waals surface area contributed by atoms with Crippen molar-refractivity contribution in [3.63, 3.8) is 0 Å². The van der Waals surface area contributed by atoms with Crippen molar-refractivity contribution in [2.24, 2.45) is 0 Å². The molecule has 0 fully saturated rings. The van der Waals surface area contributed by atoms with E-state index < -0.39 is 0 Å². The molecule has 0 bridgehead atoms. The van der Waals surface area contributed by atoms with Crippen LogP contribution in [0.3, 0.4) is 0 Å². The molecule has 0 saturated carbocycles. The first-order valence-corrected chi connectivity index (χ1v) is 8.52. The lowest BCUT2D eigenvalue weighted by atomic mass is 10.2. The van der Waals surface area contributed by atoms with Crippen molar-refractivity contribution in [2.75, 3.05) is 14.2 Å². The normalized spacial score (nSPS) is 10.6. The fraction of sp³-hybridized carbons (Fsp3) is 0.211. The van der Waals surface area contributed by atoms with Gasteiger partial charge in [0.15, 0.2) is 11.5 Å². The maximum absolute atomic E-state index is 12.7. The van der Waals surface area contributed by atoms with E-state index in [-0.39, 0.29) is 24.6 Å². The third-order valence-electron chi connectivity index (χ3n) is 4.08. The van der Waals surface area contributed by atoms with E-state index >= 15 is 0 Å². The monoisotopic (exact) mass is 387 g/mol. The maximum Gasteiger partial charge on any atom is 0.261 e. The molecule has 1 heterocycles. The average Bonchev–Trinajstić information content (AvgIpc) is 2.68. The highest BCUT2D eigenvalue weighted by Gasteiger charge is 2.13. The minimum atomic E-state index is -0.339. The summed E-state index contributed by atoms with van der Waals surface area (Å²) < 4.78 is 11.7. The fourth-order valence-corrected chi connectivity index (χ4v) is 2.85. The Kier molecular flexibility index (Phi) is 5.61. The number of hydrogen-bond donors (Lipinski definition) is 1. The van der Waals surface area contributed by atoms with Crippen LogP contribution >= 0.6 is 11.6 Å². The van der Waals surface area contributed by atoms with Gasteiger partial charge in [0.25, 0.3) is 5.56 Å². The molecule has 0 unspecified atom stereocenters. The Morgan fingerprint density at radius 1 is 1.19 bits per heavy atom. The van der Waals surface area contributed by atoms with Crippen molar-refractivity contribution < 1.29 is 14.3 Å². The van der Waals surface area contributed by atoms with Crippen LogP contribution in [0.1, 0.15) is 5.56 Å². The number of fused-ring (bicyclic) bond motifs is 1. The Bertz CT molecular complexity index is 1050. The van der Waals surface area contributed by atoms with E-state index in [4.69, 9.17) is 21.1 Å². The summed E-state index contributed by atoms with van der Waals surface area (Å²) in [6.45, 7) is 0.125. The summed E-state index contributed by atoms with van der Waals surface area (Å²) >= 11 is 6.07. The largest absolute Gasteiger partial charge is 0.493 e. The predicted octanol–water partition coefficient (Wildman–Crippen LogP) is 2.38. The van der Waals surface area contributed by atoms with Crippen LogP contribution in [0.15, 0.2) is 47.5 Å². The smallest absolute Gasteiger partial charge is 0.261 e. The number of nitrogens with zero attached hydrogens (tertiary/aromatic N) is 2. The Hall–Kier alpha value is -3.06. The lowest BCUT2D eigenvalue weighted by Crippen LogP contribution is -2.32. The molecule has 0 radical (unpaired) electrons. The Labute approximate surface area is 160 Å². The van der Waals surface area contributed by atoms with Crippen molar-refractivity contribution in [3.8, 4) is 11.5 Å². The predicted molar refractivity (Wildman–Crippen MR) is 102 cm³/mol. The number of aromatic nitrogens is 2. The fourth-order valence-electron chi connectivity index (χ4n) is 2.64. The van der Waals surface area contributed by atoms with Gasteiger partial charge < -0.3 is 14.8 Å². The molecule has 0 aliphatic heterocycles. The number of benzene rings is 2. The number of hydrogen-bond acceptors (Lipinski definition) is 5. The van der Waals surface area contributed by atoms with Gasteiger partial charge in [-0.05, 0) is 17.7 Å². The van der Waals surface area contributed by atoms with Crippen molar-refractivity contribution in [3.05, 3.63) is 63.7 Å². The second-order valence-corrected chi connectivity index (χ2v) is 6.18. The van der Waals surface area contributed by atoms with E-state index in [1.165, 1.54) is 25.1 Å². The van der Waals surface area contributed by atoms with Gasteiger partial charge in [0.05, 0.1) is 31.4 Å². The van der Waals surface area contributed by atoms with E-state index in [2.05, 4.69) is 10.3 Å². The molecule has 0 saturated heterocycles. The van der Waals surface area contributed by atoms with E-state index in [9.17, 15) is 9.59 Å². The second kappa shape index (κ2) is 8.09. The van der Waals surface area contributed by atoms with Crippen molar-refractivity contribution >= 4 is 28.4 Å². The summed E-state index contributed by atoms with van der Waals surface area (Å²) in [6.07, 6.45) is 1.34. The standard InChI is InChI=1S/C19H18ClN3O4/c1-26-16-7-13-15(8-17(16)27-2)22-11-23(19(13)25)10-18(24)21-9-12-5-3-4-6-14(12)20/h3-8,11H,9-10H2,1-2H3,(H,21,24). The van der Waals surface area contributed by atoms with Gasteiger partial charge >= 0.3 is 0 Å². The SMILES string of the molecule is COc1cc2ncn(CC(=O)NCc3ccccc3Cl)c(=O)c2cc1OC. The molecule has 1 amide bonds. The first kappa shape index (κ1) is 18.7. The molecule has 3 aromatic rings. The number of nitrogens with one attached hydrogen (secondary N) is 1. The van der Waals surface area contributed by atoms with Gasteiger partial charge in [-0.25, -0.2) is 4.98 Å². The minimum Gasteiger partial charge on any atom is -0.493 e.